The highest BCUT2D eigenvalue weighted by Gasteiger charge is 2.53. The highest BCUT2D eigenvalue weighted by molar-refractivity contribution is 7.90. The Hall–Kier alpha value is -3.21. The molecule has 5 amide bonds. The van der Waals surface area contributed by atoms with Crippen molar-refractivity contribution >= 4 is 38.9 Å². The van der Waals surface area contributed by atoms with Crippen LogP contribution in [-0.4, -0.2) is 47.9 Å². The quantitative estimate of drug-likeness (QED) is 0.658. The van der Waals surface area contributed by atoms with Gasteiger partial charge in [0.2, 0.25) is 0 Å². The Morgan fingerprint density at radius 1 is 1.04 bits per heavy atom. The first kappa shape index (κ1) is 15.3. The van der Waals surface area contributed by atoms with Gasteiger partial charge in [0, 0.05) is 11.6 Å². The van der Waals surface area contributed by atoms with Gasteiger partial charge in [-0.15, -0.1) is 0 Å². The lowest BCUT2D eigenvalue weighted by Gasteiger charge is -2.29. The molecule has 2 atom stereocenters. The monoisotopic (exact) mass is 361 g/mol. The highest BCUT2D eigenvalue weighted by Crippen LogP contribution is 2.28. The molecule has 1 aromatic heterocycles. The zero-order chi connectivity index (χ0) is 17.8. The molecule has 0 bridgehead atoms. The molecular weight excluding hydrogens is 350 g/mol. The first-order valence-corrected chi connectivity index (χ1v) is 8.63. The van der Waals surface area contributed by atoms with Gasteiger partial charge in [0.1, 0.15) is 4.90 Å². The third-order valence-corrected chi connectivity index (χ3v) is 5.77. The summed E-state index contributed by atoms with van der Waals surface area (Å²) in [4.78, 5) is 39.5. The molecule has 0 saturated carbocycles. The number of aromatic nitrogens is 1. The van der Waals surface area contributed by atoms with Crippen LogP contribution in [0.5, 0.6) is 0 Å². The molecular formula is C14H11N5O5S. The lowest BCUT2D eigenvalue weighted by atomic mass is 10.2. The summed E-state index contributed by atoms with van der Waals surface area (Å²) in [5.41, 5.74) is 0.188. The van der Waals surface area contributed by atoms with E-state index >= 15 is 0 Å². The number of benzene rings is 1. The van der Waals surface area contributed by atoms with Crippen LogP contribution in [0, 0.1) is 0 Å². The van der Waals surface area contributed by atoms with Crippen molar-refractivity contribution in [1.82, 2.24) is 25.2 Å². The molecule has 4 rings (SSSR count). The molecule has 3 heterocycles. The van der Waals surface area contributed by atoms with Crippen LogP contribution in [0.3, 0.4) is 0 Å². The average molecular weight is 361 g/mol. The van der Waals surface area contributed by atoms with Gasteiger partial charge in [0.25, 0.3) is 15.9 Å². The van der Waals surface area contributed by atoms with Crippen LogP contribution in [-0.2, 0) is 14.8 Å². The Balaban J connectivity index is 1.86. The van der Waals surface area contributed by atoms with E-state index in [0.717, 1.165) is 0 Å². The van der Waals surface area contributed by atoms with Crippen molar-refractivity contribution in [3.05, 3.63) is 36.5 Å². The van der Waals surface area contributed by atoms with Gasteiger partial charge in [-0.2, -0.15) is 4.31 Å². The second-order valence-corrected chi connectivity index (χ2v) is 7.25. The Labute approximate surface area is 141 Å². The second kappa shape index (κ2) is 5.14. The van der Waals surface area contributed by atoms with Gasteiger partial charge in [-0.25, -0.2) is 18.0 Å². The number of imide groups is 1. The molecule has 3 N–H and O–H groups in total. The topological polar surface area (TPSA) is 138 Å². The molecule has 2 fully saturated rings. The fourth-order valence-electron chi connectivity index (χ4n) is 2.90. The molecule has 2 aromatic rings. The van der Waals surface area contributed by atoms with Crippen molar-refractivity contribution in [3.63, 3.8) is 0 Å². The molecule has 0 radical (unpaired) electrons. The Morgan fingerprint density at radius 2 is 1.80 bits per heavy atom. The van der Waals surface area contributed by atoms with E-state index in [-0.39, 0.29) is 10.4 Å². The zero-order valence-electron chi connectivity index (χ0n) is 12.5. The van der Waals surface area contributed by atoms with Crippen molar-refractivity contribution in [3.8, 4) is 0 Å². The lowest BCUT2D eigenvalue weighted by Crippen LogP contribution is -2.65. The predicted molar refractivity (Wildman–Crippen MR) is 83.5 cm³/mol. The summed E-state index contributed by atoms with van der Waals surface area (Å²) >= 11 is 0. The molecule has 0 unspecified atom stereocenters. The fraction of sp³-hybridized carbons (Fsp3) is 0.143. The number of amides is 5. The number of nitrogens with zero attached hydrogens (tertiary/aromatic N) is 2. The average Bonchev–Trinajstić information content (AvgIpc) is 2.91. The number of hydrogen-bond donors (Lipinski definition) is 3. The summed E-state index contributed by atoms with van der Waals surface area (Å²) in [5, 5.41) is 7.10. The number of fused-ring (bicyclic) bond motifs is 2. The van der Waals surface area contributed by atoms with E-state index in [1.165, 1.54) is 18.3 Å². The first-order chi connectivity index (χ1) is 11.9. The maximum Gasteiger partial charge on any atom is 0.334 e. The minimum Gasteiger partial charge on any atom is -0.321 e. The van der Waals surface area contributed by atoms with Crippen LogP contribution in [0.2, 0.25) is 0 Å². The van der Waals surface area contributed by atoms with Gasteiger partial charge in [0.05, 0.1) is 5.52 Å². The van der Waals surface area contributed by atoms with Gasteiger partial charge in [-0.05, 0) is 12.1 Å². The fourth-order valence-corrected chi connectivity index (χ4v) is 4.52. The van der Waals surface area contributed by atoms with Crippen molar-refractivity contribution in [2.45, 2.75) is 17.1 Å². The maximum atomic E-state index is 13.1. The number of carbonyl (C=O) groups excluding carboxylic acids is 3. The van der Waals surface area contributed by atoms with Crippen LogP contribution in [0.4, 0.5) is 9.59 Å². The molecule has 0 aliphatic carbocycles. The molecule has 128 valence electrons. The van der Waals surface area contributed by atoms with Gasteiger partial charge in [0.15, 0.2) is 12.2 Å². The molecule has 2 aliphatic heterocycles. The van der Waals surface area contributed by atoms with Crippen LogP contribution in [0.1, 0.15) is 0 Å². The standard InChI is InChI=1S/C14H11N5O5S/c20-12-10-11(17-13(21)18-12)19(14(22)16-10)25(23,24)8-5-1-3-7-4-2-6-15-9(7)8/h1-6,10-11H,(H,16,22)(H2,17,18,20,21)/t10-,11+/m1/s1. The number of para-hydroxylation sites is 1. The van der Waals surface area contributed by atoms with E-state index in [9.17, 15) is 22.8 Å². The number of sulfonamides is 1. The molecule has 11 heteroatoms. The summed E-state index contributed by atoms with van der Waals surface area (Å²) in [6.45, 7) is 0. The van der Waals surface area contributed by atoms with Gasteiger partial charge in [-0.3, -0.25) is 15.1 Å². The Morgan fingerprint density at radius 3 is 2.60 bits per heavy atom. The number of pyridine rings is 1. The zero-order valence-corrected chi connectivity index (χ0v) is 13.3. The summed E-state index contributed by atoms with van der Waals surface area (Å²) in [6.07, 6.45) is 0.0852. The molecule has 2 aliphatic rings. The summed E-state index contributed by atoms with van der Waals surface area (Å²) in [6, 6.07) is 4.78. The smallest absolute Gasteiger partial charge is 0.321 e. The van der Waals surface area contributed by atoms with Crippen LogP contribution < -0.4 is 16.0 Å². The Kier molecular flexibility index (Phi) is 3.15. The van der Waals surface area contributed by atoms with E-state index in [1.807, 2.05) is 5.32 Å². The minimum atomic E-state index is -4.37. The van der Waals surface area contributed by atoms with Crippen molar-refractivity contribution in [1.29, 1.82) is 0 Å². The normalized spacial score (nSPS) is 23.0. The molecule has 2 saturated heterocycles. The second-order valence-electron chi connectivity index (χ2n) is 5.47. The Bertz CT molecular complexity index is 1030. The minimum absolute atomic E-state index is 0.188. The van der Waals surface area contributed by atoms with E-state index < -0.39 is 40.2 Å². The lowest BCUT2D eigenvalue weighted by molar-refractivity contribution is -0.123. The van der Waals surface area contributed by atoms with Crippen LogP contribution >= 0.6 is 0 Å². The van der Waals surface area contributed by atoms with Crippen LogP contribution in [0.25, 0.3) is 10.9 Å². The number of rotatable bonds is 2. The van der Waals surface area contributed by atoms with E-state index in [0.29, 0.717) is 9.69 Å². The summed E-state index contributed by atoms with van der Waals surface area (Å²) in [7, 11) is -4.37. The van der Waals surface area contributed by atoms with Crippen molar-refractivity contribution in [2.24, 2.45) is 0 Å². The van der Waals surface area contributed by atoms with E-state index in [4.69, 9.17) is 0 Å². The summed E-state index contributed by atoms with van der Waals surface area (Å²) in [5.74, 6) is -0.782. The third kappa shape index (κ3) is 2.20. The predicted octanol–water partition coefficient (Wildman–Crippen LogP) is -0.517. The maximum absolute atomic E-state index is 13.1. The third-order valence-electron chi connectivity index (χ3n) is 3.98. The number of hydrogen-bond acceptors (Lipinski definition) is 6. The van der Waals surface area contributed by atoms with Crippen LogP contribution in [0.15, 0.2) is 41.4 Å². The molecule has 10 nitrogen and oxygen atoms in total. The van der Waals surface area contributed by atoms with Crippen molar-refractivity contribution in [2.75, 3.05) is 0 Å². The number of nitrogens with one attached hydrogen (secondary N) is 3. The van der Waals surface area contributed by atoms with E-state index in [1.54, 1.807) is 18.2 Å². The first-order valence-electron chi connectivity index (χ1n) is 7.19. The van der Waals surface area contributed by atoms with E-state index in [2.05, 4.69) is 15.6 Å². The van der Waals surface area contributed by atoms with Gasteiger partial charge < -0.3 is 10.6 Å². The highest BCUT2D eigenvalue weighted by atomic mass is 32.2. The number of urea groups is 2. The van der Waals surface area contributed by atoms with Gasteiger partial charge >= 0.3 is 12.1 Å². The molecule has 0 spiro atoms. The summed E-state index contributed by atoms with van der Waals surface area (Å²) < 4.78 is 26.6. The molecule has 1 aromatic carbocycles. The number of carbonyl (C=O) groups is 3. The van der Waals surface area contributed by atoms with Crippen molar-refractivity contribution < 1.29 is 22.8 Å². The largest absolute Gasteiger partial charge is 0.334 e. The molecule has 25 heavy (non-hydrogen) atoms. The van der Waals surface area contributed by atoms with Gasteiger partial charge in [-0.1, -0.05) is 18.2 Å². The SMILES string of the molecule is O=C1NC(=O)[C@@H]2NC(=O)N(S(=O)(=O)c3cccc4cccnc34)[C@@H]2N1.